The molecule has 0 aliphatic carbocycles. The molecule has 4 aromatic rings. The molecule has 27 heavy (non-hydrogen) atoms. The topological polar surface area (TPSA) is 92.4 Å². The minimum atomic E-state index is -0.125. The number of hydrogen-bond donors (Lipinski definition) is 0. The lowest BCUT2D eigenvalue weighted by molar-refractivity contribution is 0.0699. The molecule has 0 radical (unpaired) electrons. The number of hydrogen-bond acceptors (Lipinski definition) is 7. The summed E-state index contributed by atoms with van der Waals surface area (Å²) in [4.78, 5) is 25.4. The van der Waals surface area contributed by atoms with E-state index >= 15 is 0 Å². The number of carbonyl (C=O) groups excluding carboxylic acids is 1. The summed E-state index contributed by atoms with van der Waals surface area (Å²) in [5, 5.41) is 12.3. The van der Waals surface area contributed by atoms with Crippen molar-refractivity contribution in [2.24, 2.45) is 0 Å². The monoisotopic (exact) mass is 360 g/mol. The Morgan fingerprint density at radius 3 is 2.81 bits per heavy atom. The number of carbonyl (C=O) groups is 1. The third-order valence-electron chi connectivity index (χ3n) is 4.87. The van der Waals surface area contributed by atoms with Gasteiger partial charge in [0.05, 0.1) is 23.3 Å². The standard InChI is InChI=1S/C18H16N8O/c1-24(18(27)15-8-19-13-4-2-3-5-14(13)21-15)12-9-25(10-12)17-7-6-16-22-20-11-26(16)23-17/h2-8,11-12H,9-10H2,1H3. The lowest BCUT2D eigenvalue weighted by Crippen LogP contribution is -2.60. The molecular formula is C18H16N8O. The van der Waals surface area contributed by atoms with E-state index in [0.29, 0.717) is 24.4 Å². The van der Waals surface area contributed by atoms with Gasteiger partial charge in [-0.1, -0.05) is 12.1 Å². The number of amides is 1. The van der Waals surface area contributed by atoms with Crippen molar-refractivity contribution in [1.29, 1.82) is 0 Å². The fourth-order valence-corrected chi connectivity index (χ4v) is 3.18. The minimum absolute atomic E-state index is 0.101. The van der Waals surface area contributed by atoms with Crippen molar-refractivity contribution in [3.63, 3.8) is 0 Å². The van der Waals surface area contributed by atoms with Crippen LogP contribution in [0.5, 0.6) is 0 Å². The first kappa shape index (κ1) is 15.6. The Kier molecular flexibility index (Phi) is 3.46. The molecule has 1 saturated heterocycles. The van der Waals surface area contributed by atoms with E-state index in [1.54, 1.807) is 29.0 Å². The average Bonchev–Trinajstić information content (AvgIpc) is 3.13. The Labute approximate surface area is 154 Å². The molecule has 0 N–H and O–H groups in total. The molecular weight excluding hydrogens is 344 g/mol. The normalized spacial score (nSPS) is 14.5. The molecule has 0 spiro atoms. The second kappa shape index (κ2) is 5.97. The Bertz CT molecular complexity index is 1150. The Morgan fingerprint density at radius 1 is 1.15 bits per heavy atom. The third-order valence-corrected chi connectivity index (χ3v) is 4.87. The summed E-state index contributed by atoms with van der Waals surface area (Å²) in [7, 11) is 1.80. The molecule has 0 bridgehead atoms. The number of benzene rings is 1. The van der Waals surface area contributed by atoms with Crippen LogP contribution in [0, 0.1) is 0 Å². The summed E-state index contributed by atoms with van der Waals surface area (Å²) < 4.78 is 1.64. The lowest BCUT2D eigenvalue weighted by Gasteiger charge is -2.44. The zero-order valence-corrected chi connectivity index (χ0v) is 14.6. The van der Waals surface area contributed by atoms with Gasteiger partial charge in [-0.3, -0.25) is 9.78 Å². The molecule has 9 heteroatoms. The maximum atomic E-state index is 12.8. The van der Waals surface area contributed by atoms with Gasteiger partial charge in [0.25, 0.3) is 5.91 Å². The molecule has 1 aromatic carbocycles. The molecule has 1 aliphatic heterocycles. The Morgan fingerprint density at radius 2 is 1.96 bits per heavy atom. The van der Waals surface area contributed by atoms with Gasteiger partial charge in [0.1, 0.15) is 17.8 Å². The number of para-hydroxylation sites is 2. The number of aromatic nitrogens is 6. The van der Waals surface area contributed by atoms with E-state index in [1.165, 1.54) is 0 Å². The van der Waals surface area contributed by atoms with E-state index in [1.807, 2.05) is 36.4 Å². The molecule has 0 atom stereocenters. The zero-order chi connectivity index (χ0) is 18.4. The first-order valence-corrected chi connectivity index (χ1v) is 8.60. The van der Waals surface area contributed by atoms with E-state index in [2.05, 4.69) is 30.2 Å². The van der Waals surface area contributed by atoms with Gasteiger partial charge in [-0.2, -0.15) is 4.52 Å². The van der Waals surface area contributed by atoms with Crippen LogP contribution in [-0.2, 0) is 0 Å². The molecule has 5 rings (SSSR count). The largest absolute Gasteiger partial charge is 0.351 e. The summed E-state index contributed by atoms with van der Waals surface area (Å²) >= 11 is 0. The molecule has 134 valence electrons. The predicted octanol–water partition coefficient (Wildman–Crippen LogP) is 1.03. The van der Waals surface area contributed by atoms with Gasteiger partial charge in [-0.15, -0.1) is 15.3 Å². The van der Waals surface area contributed by atoms with Crippen molar-refractivity contribution in [2.45, 2.75) is 6.04 Å². The maximum absolute atomic E-state index is 12.8. The quantitative estimate of drug-likeness (QED) is 0.539. The van der Waals surface area contributed by atoms with Crippen molar-refractivity contribution in [3.05, 3.63) is 54.6 Å². The van der Waals surface area contributed by atoms with Crippen LogP contribution in [0.15, 0.2) is 48.9 Å². The fraction of sp³-hybridized carbons (Fsp3) is 0.222. The second-order valence-electron chi connectivity index (χ2n) is 6.54. The third kappa shape index (κ3) is 2.64. The number of nitrogens with zero attached hydrogens (tertiary/aromatic N) is 8. The highest BCUT2D eigenvalue weighted by atomic mass is 16.2. The number of anilines is 1. The van der Waals surface area contributed by atoms with Crippen LogP contribution in [0.2, 0.25) is 0 Å². The van der Waals surface area contributed by atoms with Gasteiger partial charge in [0.2, 0.25) is 0 Å². The minimum Gasteiger partial charge on any atom is -0.351 e. The van der Waals surface area contributed by atoms with Gasteiger partial charge in [0.15, 0.2) is 5.65 Å². The first-order valence-electron chi connectivity index (χ1n) is 8.60. The van der Waals surface area contributed by atoms with Crippen LogP contribution in [0.25, 0.3) is 16.7 Å². The van der Waals surface area contributed by atoms with Crippen molar-refractivity contribution in [3.8, 4) is 0 Å². The predicted molar refractivity (Wildman–Crippen MR) is 98.4 cm³/mol. The van der Waals surface area contributed by atoms with Crippen LogP contribution >= 0.6 is 0 Å². The van der Waals surface area contributed by atoms with Gasteiger partial charge in [-0.25, -0.2) is 4.98 Å². The van der Waals surface area contributed by atoms with Gasteiger partial charge < -0.3 is 9.80 Å². The van der Waals surface area contributed by atoms with Crippen LogP contribution in [0.4, 0.5) is 5.82 Å². The van der Waals surface area contributed by atoms with Crippen molar-refractivity contribution in [1.82, 2.24) is 34.7 Å². The van der Waals surface area contributed by atoms with Crippen LogP contribution < -0.4 is 4.90 Å². The molecule has 9 nitrogen and oxygen atoms in total. The van der Waals surface area contributed by atoms with Crippen LogP contribution in [0.1, 0.15) is 10.5 Å². The highest BCUT2D eigenvalue weighted by molar-refractivity contribution is 5.94. The van der Waals surface area contributed by atoms with Gasteiger partial charge in [0, 0.05) is 20.1 Å². The van der Waals surface area contributed by atoms with Crippen molar-refractivity contribution < 1.29 is 4.79 Å². The van der Waals surface area contributed by atoms with Crippen LogP contribution in [0.3, 0.4) is 0 Å². The summed E-state index contributed by atoms with van der Waals surface area (Å²) in [6.07, 6.45) is 3.11. The molecule has 1 fully saturated rings. The molecule has 3 aromatic heterocycles. The Hall–Kier alpha value is -3.62. The molecule has 0 unspecified atom stereocenters. The fourth-order valence-electron chi connectivity index (χ4n) is 3.18. The van der Waals surface area contributed by atoms with Crippen LogP contribution in [-0.4, -0.2) is 66.8 Å². The number of fused-ring (bicyclic) bond motifs is 2. The highest BCUT2D eigenvalue weighted by Crippen LogP contribution is 2.22. The summed E-state index contributed by atoms with van der Waals surface area (Å²) in [6.45, 7) is 1.42. The SMILES string of the molecule is CN(C(=O)c1cnc2ccccc2n1)C1CN(c2ccc3nncn3n2)C1. The number of rotatable bonds is 3. The summed E-state index contributed by atoms with van der Waals surface area (Å²) in [6, 6.07) is 11.4. The molecule has 1 amide bonds. The Balaban J connectivity index is 1.29. The molecule has 0 saturated carbocycles. The van der Waals surface area contributed by atoms with E-state index in [0.717, 1.165) is 16.9 Å². The van der Waals surface area contributed by atoms with Crippen molar-refractivity contribution >= 4 is 28.4 Å². The molecule has 4 heterocycles. The second-order valence-corrected chi connectivity index (χ2v) is 6.54. The van der Waals surface area contributed by atoms with E-state index in [4.69, 9.17) is 0 Å². The van der Waals surface area contributed by atoms with Gasteiger partial charge in [-0.05, 0) is 24.3 Å². The van der Waals surface area contributed by atoms with Crippen molar-refractivity contribution in [2.75, 3.05) is 25.0 Å². The van der Waals surface area contributed by atoms with Gasteiger partial charge >= 0.3 is 0 Å². The summed E-state index contributed by atoms with van der Waals surface area (Å²) in [5.41, 5.74) is 2.57. The average molecular weight is 360 g/mol. The molecule has 1 aliphatic rings. The van der Waals surface area contributed by atoms with E-state index < -0.39 is 0 Å². The highest BCUT2D eigenvalue weighted by Gasteiger charge is 2.34. The first-order chi connectivity index (χ1) is 13.2. The maximum Gasteiger partial charge on any atom is 0.274 e. The zero-order valence-electron chi connectivity index (χ0n) is 14.6. The number of likely N-dealkylation sites (N-methyl/N-ethyl adjacent to an activating group) is 1. The lowest BCUT2D eigenvalue weighted by atomic mass is 10.1. The van der Waals surface area contributed by atoms with E-state index in [-0.39, 0.29) is 11.9 Å². The van der Waals surface area contributed by atoms with E-state index in [9.17, 15) is 4.79 Å². The summed E-state index contributed by atoms with van der Waals surface area (Å²) in [5.74, 6) is 0.713. The smallest absolute Gasteiger partial charge is 0.274 e.